The van der Waals surface area contributed by atoms with Crippen molar-refractivity contribution in [3.63, 3.8) is 0 Å². The third-order valence-electron chi connectivity index (χ3n) is 3.34. The lowest BCUT2D eigenvalue weighted by Gasteiger charge is -2.22. The topological polar surface area (TPSA) is 76.9 Å². The summed E-state index contributed by atoms with van der Waals surface area (Å²) in [6.45, 7) is 8.22. The van der Waals surface area contributed by atoms with Gasteiger partial charge in [-0.2, -0.15) is 5.10 Å². The number of rotatable bonds is 3. The molecule has 1 heterocycles. The first kappa shape index (κ1) is 15.1. The average Bonchev–Trinajstić information content (AvgIpc) is 2.63. The molecule has 0 aliphatic heterocycles. The monoisotopic (exact) mass is 286 g/mol. The zero-order valence-electron chi connectivity index (χ0n) is 13.2. The standard InChI is InChI=1S/C16H22N4O/c1-10-13(14(17)18)15(20(5)19-10)21-12-9-7-6-8-11(12)16(2,3)4/h6-9H,1-5H3,(H3,17,18). The van der Waals surface area contributed by atoms with Gasteiger partial charge in [0, 0.05) is 12.6 Å². The molecule has 0 saturated carbocycles. The maximum absolute atomic E-state index is 7.72. The Morgan fingerprint density at radius 1 is 1.29 bits per heavy atom. The van der Waals surface area contributed by atoms with Gasteiger partial charge in [-0.15, -0.1) is 0 Å². The molecule has 112 valence electrons. The molecule has 5 heteroatoms. The quantitative estimate of drug-likeness (QED) is 0.672. The first-order valence-electron chi connectivity index (χ1n) is 6.87. The van der Waals surface area contributed by atoms with Gasteiger partial charge in [-0.25, -0.2) is 4.68 Å². The molecule has 0 bridgehead atoms. The van der Waals surface area contributed by atoms with E-state index in [1.807, 2.05) is 31.2 Å². The Hall–Kier alpha value is -2.30. The third-order valence-corrected chi connectivity index (χ3v) is 3.34. The smallest absolute Gasteiger partial charge is 0.228 e. The fourth-order valence-electron chi connectivity index (χ4n) is 2.34. The van der Waals surface area contributed by atoms with E-state index in [1.54, 1.807) is 11.7 Å². The molecule has 0 atom stereocenters. The Labute approximate surface area is 125 Å². The van der Waals surface area contributed by atoms with Gasteiger partial charge in [0.25, 0.3) is 0 Å². The van der Waals surface area contributed by atoms with E-state index in [0.717, 1.165) is 11.3 Å². The van der Waals surface area contributed by atoms with Gasteiger partial charge < -0.3 is 10.5 Å². The van der Waals surface area contributed by atoms with Crippen LogP contribution in [0.5, 0.6) is 11.6 Å². The van der Waals surface area contributed by atoms with Crippen molar-refractivity contribution in [3.8, 4) is 11.6 Å². The van der Waals surface area contributed by atoms with Crippen LogP contribution in [0.1, 0.15) is 37.6 Å². The number of hydrogen-bond acceptors (Lipinski definition) is 3. The largest absolute Gasteiger partial charge is 0.438 e. The SMILES string of the molecule is Cc1nn(C)c(Oc2ccccc2C(C)(C)C)c1C(=N)N. The zero-order chi connectivity index (χ0) is 15.8. The Balaban J connectivity index is 2.52. The molecular formula is C16H22N4O. The molecule has 0 saturated heterocycles. The molecule has 0 fully saturated rings. The van der Waals surface area contributed by atoms with E-state index < -0.39 is 0 Å². The predicted octanol–water partition coefficient (Wildman–Crippen LogP) is 3.10. The van der Waals surface area contributed by atoms with Crippen LogP contribution in [-0.2, 0) is 12.5 Å². The Morgan fingerprint density at radius 3 is 2.48 bits per heavy atom. The van der Waals surface area contributed by atoms with E-state index in [4.69, 9.17) is 15.9 Å². The molecule has 0 aliphatic carbocycles. The molecule has 0 aliphatic rings. The summed E-state index contributed by atoms with van der Waals surface area (Å²) in [6.07, 6.45) is 0. The number of nitrogens with zero attached hydrogens (tertiary/aromatic N) is 2. The summed E-state index contributed by atoms with van der Waals surface area (Å²) < 4.78 is 7.68. The molecule has 1 aromatic carbocycles. The number of nitrogens with two attached hydrogens (primary N) is 1. The molecule has 2 aromatic rings. The first-order valence-corrected chi connectivity index (χ1v) is 6.87. The molecule has 0 radical (unpaired) electrons. The van der Waals surface area contributed by atoms with Gasteiger partial charge in [-0.05, 0) is 18.4 Å². The molecule has 5 nitrogen and oxygen atoms in total. The van der Waals surface area contributed by atoms with Crippen molar-refractivity contribution < 1.29 is 4.74 Å². The van der Waals surface area contributed by atoms with Crippen LogP contribution < -0.4 is 10.5 Å². The second-order valence-corrected chi connectivity index (χ2v) is 6.15. The maximum Gasteiger partial charge on any atom is 0.228 e. The Kier molecular flexibility index (Phi) is 3.77. The number of amidine groups is 1. The minimum atomic E-state index is -0.0411. The van der Waals surface area contributed by atoms with Crippen LogP contribution in [0.2, 0.25) is 0 Å². The fourth-order valence-corrected chi connectivity index (χ4v) is 2.34. The highest BCUT2D eigenvalue weighted by molar-refractivity contribution is 5.98. The van der Waals surface area contributed by atoms with Crippen LogP contribution in [-0.4, -0.2) is 15.6 Å². The number of nitrogen functional groups attached to an aromatic ring is 1. The van der Waals surface area contributed by atoms with Crippen LogP contribution in [0.4, 0.5) is 0 Å². The summed E-state index contributed by atoms with van der Waals surface area (Å²) in [6, 6.07) is 7.90. The number of aryl methyl sites for hydroxylation is 2. The molecule has 21 heavy (non-hydrogen) atoms. The number of ether oxygens (including phenoxy) is 1. The number of aromatic nitrogens is 2. The first-order chi connectivity index (χ1) is 9.71. The van der Waals surface area contributed by atoms with Crippen LogP contribution in [0.15, 0.2) is 24.3 Å². The summed E-state index contributed by atoms with van der Waals surface area (Å²) in [7, 11) is 1.79. The summed E-state index contributed by atoms with van der Waals surface area (Å²) in [5, 5.41) is 12.0. The van der Waals surface area contributed by atoms with Crippen molar-refractivity contribution in [2.75, 3.05) is 0 Å². The Morgan fingerprint density at radius 2 is 1.90 bits per heavy atom. The van der Waals surface area contributed by atoms with Gasteiger partial charge in [0.15, 0.2) is 0 Å². The summed E-state index contributed by atoms with van der Waals surface area (Å²) >= 11 is 0. The van der Waals surface area contributed by atoms with E-state index in [9.17, 15) is 0 Å². The van der Waals surface area contributed by atoms with Crippen molar-refractivity contribution in [1.82, 2.24) is 9.78 Å². The second-order valence-electron chi connectivity index (χ2n) is 6.15. The van der Waals surface area contributed by atoms with Crippen molar-refractivity contribution in [2.45, 2.75) is 33.1 Å². The van der Waals surface area contributed by atoms with E-state index in [0.29, 0.717) is 17.1 Å². The normalized spacial score (nSPS) is 11.5. The zero-order valence-corrected chi connectivity index (χ0v) is 13.2. The Bertz CT molecular complexity index is 680. The van der Waals surface area contributed by atoms with E-state index >= 15 is 0 Å². The van der Waals surface area contributed by atoms with Crippen LogP contribution in [0.3, 0.4) is 0 Å². The van der Waals surface area contributed by atoms with Crippen molar-refractivity contribution in [3.05, 3.63) is 41.1 Å². The van der Waals surface area contributed by atoms with Crippen molar-refractivity contribution in [1.29, 1.82) is 5.41 Å². The van der Waals surface area contributed by atoms with Gasteiger partial charge in [-0.1, -0.05) is 39.0 Å². The lowest BCUT2D eigenvalue weighted by atomic mass is 9.86. The van der Waals surface area contributed by atoms with Gasteiger partial charge in [0.1, 0.15) is 17.1 Å². The highest BCUT2D eigenvalue weighted by Crippen LogP contribution is 2.35. The minimum absolute atomic E-state index is 0.0381. The summed E-state index contributed by atoms with van der Waals surface area (Å²) in [5.41, 5.74) is 7.94. The molecule has 3 N–H and O–H groups in total. The highest BCUT2D eigenvalue weighted by atomic mass is 16.5. The lowest BCUT2D eigenvalue weighted by Crippen LogP contribution is -2.15. The fraction of sp³-hybridized carbons (Fsp3) is 0.375. The van der Waals surface area contributed by atoms with Gasteiger partial charge in [0.2, 0.25) is 5.88 Å². The van der Waals surface area contributed by atoms with E-state index in [-0.39, 0.29) is 11.3 Å². The molecule has 0 unspecified atom stereocenters. The molecular weight excluding hydrogens is 264 g/mol. The van der Waals surface area contributed by atoms with Gasteiger partial charge in [0.05, 0.1) is 5.69 Å². The van der Waals surface area contributed by atoms with E-state index in [2.05, 4.69) is 25.9 Å². The highest BCUT2D eigenvalue weighted by Gasteiger charge is 2.22. The number of para-hydroxylation sites is 1. The van der Waals surface area contributed by atoms with Crippen molar-refractivity contribution in [2.24, 2.45) is 12.8 Å². The second kappa shape index (κ2) is 5.24. The number of hydrogen-bond donors (Lipinski definition) is 2. The number of benzene rings is 1. The van der Waals surface area contributed by atoms with Crippen LogP contribution >= 0.6 is 0 Å². The van der Waals surface area contributed by atoms with Gasteiger partial charge in [-0.3, -0.25) is 5.41 Å². The molecule has 0 spiro atoms. The third kappa shape index (κ3) is 2.91. The average molecular weight is 286 g/mol. The lowest BCUT2D eigenvalue weighted by molar-refractivity contribution is 0.413. The predicted molar refractivity (Wildman–Crippen MR) is 84.2 cm³/mol. The molecule has 0 amide bonds. The van der Waals surface area contributed by atoms with Crippen LogP contribution in [0, 0.1) is 12.3 Å². The van der Waals surface area contributed by atoms with Crippen LogP contribution in [0.25, 0.3) is 0 Å². The molecule has 2 rings (SSSR count). The summed E-state index contributed by atoms with van der Waals surface area (Å²) in [4.78, 5) is 0. The molecule has 1 aromatic heterocycles. The minimum Gasteiger partial charge on any atom is -0.438 e. The van der Waals surface area contributed by atoms with Gasteiger partial charge >= 0.3 is 0 Å². The summed E-state index contributed by atoms with van der Waals surface area (Å²) in [5.74, 6) is 1.22. The van der Waals surface area contributed by atoms with Crippen molar-refractivity contribution >= 4 is 5.84 Å². The van der Waals surface area contributed by atoms with E-state index in [1.165, 1.54) is 0 Å². The number of nitrogens with one attached hydrogen (secondary N) is 1. The maximum atomic E-state index is 7.72.